The molecular formula is C21H21F4N3O4. The predicted octanol–water partition coefficient (Wildman–Crippen LogP) is 3.77. The topological polar surface area (TPSA) is 94.9 Å². The fourth-order valence-electron chi connectivity index (χ4n) is 3.21. The number of hydrogen-bond donors (Lipinski definition) is 3. The lowest BCUT2D eigenvalue weighted by atomic mass is 10.0. The van der Waals surface area contributed by atoms with Crippen LogP contribution >= 0.6 is 0 Å². The van der Waals surface area contributed by atoms with Gasteiger partial charge in [0.25, 0.3) is 0 Å². The van der Waals surface area contributed by atoms with Crippen LogP contribution in [-0.4, -0.2) is 52.2 Å². The average molecular weight is 455 g/mol. The number of hydrogen-bond acceptors (Lipinski definition) is 5. The number of aliphatic hydroxyl groups is 2. The highest BCUT2D eigenvalue weighted by Gasteiger charge is 2.31. The summed E-state index contributed by atoms with van der Waals surface area (Å²) in [5.41, 5.74) is 1.38. The van der Waals surface area contributed by atoms with Crippen LogP contribution in [0.3, 0.4) is 0 Å². The highest BCUT2D eigenvalue weighted by Crippen LogP contribution is 2.29. The minimum atomic E-state index is -4.80. The van der Waals surface area contributed by atoms with Gasteiger partial charge in [-0.25, -0.2) is 9.18 Å². The molecule has 172 valence electrons. The van der Waals surface area contributed by atoms with Gasteiger partial charge in [-0.15, -0.1) is 13.2 Å². The number of urea groups is 1. The summed E-state index contributed by atoms with van der Waals surface area (Å²) in [6.45, 7) is 1.33. The molecule has 2 aromatic rings. The largest absolute Gasteiger partial charge is 0.573 e. The second-order valence-corrected chi connectivity index (χ2v) is 7.18. The summed E-state index contributed by atoms with van der Waals surface area (Å²) < 4.78 is 55.4. The van der Waals surface area contributed by atoms with E-state index in [0.717, 1.165) is 12.1 Å². The van der Waals surface area contributed by atoms with Gasteiger partial charge in [0.15, 0.2) is 0 Å². The first-order valence-electron chi connectivity index (χ1n) is 9.63. The molecule has 0 fully saturated rings. The van der Waals surface area contributed by atoms with Crippen molar-refractivity contribution < 1.29 is 37.3 Å². The van der Waals surface area contributed by atoms with Crippen LogP contribution in [0.25, 0.3) is 5.57 Å². The van der Waals surface area contributed by atoms with Gasteiger partial charge in [0.2, 0.25) is 0 Å². The second-order valence-electron chi connectivity index (χ2n) is 7.18. The molecule has 0 bridgehead atoms. The minimum Gasteiger partial charge on any atom is -0.406 e. The Labute approximate surface area is 180 Å². The summed E-state index contributed by atoms with van der Waals surface area (Å²) in [7, 11) is 0. The number of benzene rings is 1. The molecule has 2 heterocycles. The summed E-state index contributed by atoms with van der Waals surface area (Å²) in [6, 6.07) is 4.44. The number of alkyl halides is 3. The van der Waals surface area contributed by atoms with Crippen LogP contribution in [-0.2, 0) is 0 Å². The van der Waals surface area contributed by atoms with Crippen molar-refractivity contribution in [1.82, 2.24) is 9.88 Å². The number of carbonyl (C=O) groups is 1. The Morgan fingerprint density at radius 2 is 2.09 bits per heavy atom. The van der Waals surface area contributed by atoms with Crippen LogP contribution in [0.2, 0.25) is 0 Å². The van der Waals surface area contributed by atoms with Gasteiger partial charge < -0.3 is 25.2 Å². The minimum absolute atomic E-state index is 0.106. The molecule has 0 saturated carbocycles. The van der Waals surface area contributed by atoms with E-state index in [0.29, 0.717) is 17.7 Å². The van der Waals surface area contributed by atoms with Gasteiger partial charge in [0.05, 0.1) is 6.61 Å². The molecule has 1 unspecified atom stereocenters. The van der Waals surface area contributed by atoms with Crippen molar-refractivity contribution in [3.63, 3.8) is 0 Å². The molecule has 32 heavy (non-hydrogen) atoms. The van der Waals surface area contributed by atoms with E-state index in [-0.39, 0.29) is 35.7 Å². The molecule has 1 aliphatic heterocycles. The number of nitrogens with zero attached hydrogens (tertiary/aromatic N) is 2. The number of rotatable bonds is 5. The third-order valence-electron chi connectivity index (χ3n) is 4.87. The summed E-state index contributed by atoms with van der Waals surface area (Å²) in [5.74, 6) is -0.996. The van der Waals surface area contributed by atoms with Gasteiger partial charge in [0.1, 0.15) is 23.4 Å². The van der Waals surface area contributed by atoms with E-state index in [4.69, 9.17) is 5.11 Å². The Morgan fingerprint density at radius 1 is 1.34 bits per heavy atom. The molecule has 7 nitrogen and oxygen atoms in total. The van der Waals surface area contributed by atoms with E-state index in [1.807, 2.05) is 0 Å². The maximum Gasteiger partial charge on any atom is 0.573 e. The molecule has 0 radical (unpaired) electrons. The number of ether oxygens (including phenoxy) is 1. The standard InChI is InChI=1S/C21H21F4N3O4/c1-12-8-15(2-3-18(12)32-21(23,24)25)27-20(31)28-6-4-13(5-7-28)19-16(22)9-14(10-26-19)17(30)11-29/h2-4,8-10,17,29-30H,5-7,11H2,1H3,(H,27,31). The fraction of sp³-hybridized carbons (Fsp3) is 0.333. The number of carbonyl (C=O) groups excluding carboxylic acids is 1. The first-order chi connectivity index (χ1) is 15.1. The molecule has 3 N–H and O–H groups in total. The monoisotopic (exact) mass is 455 g/mol. The fourth-order valence-corrected chi connectivity index (χ4v) is 3.21. The molecular weight excluding hydrogens is 434 g/mol. The molecule has 2 amide bonds. The Bertz CT molecular complexity index is 1030. The lowest BCUT2D eigenvalue weighted by Gasteiger charge is -2.27. The van der Waals surface area contributed by atoms with Gasteiger partial charge in [-0.2, -0.15) is 0 Å². The van der Waals surface area contributed by atoms with E-state index < -0.39 is 30.9 Å². The smallest absolute Gasteiger partial charge is 0.406 e. The van der Waals surface area contributed by atoms with Gasteiger partial charge in [-0.3, -0.25) is 4.98 Å². The molecule has 1 atom stereocenters. The lowest BCUT2D eigenvalue weighted by Crippen LogP contribution is -2.38. The third kappa shape index (κ3) is 5.74. The van der Waals surface area contributed by atoms with Gasteiger partial charge in [-0.1, -0.05) is 6.08 Å². The van der Waals surface area contributed by atoms with Crippen LogP contribution < -0.4 is 10.1 Å². The second kappa shape index (κ2) is 9.53. The number of pyridine rings is 1. The Hall–Kier alpha value is -3.18. The number of amides is 2. The molecule has 3 rings (SSSR count). The summed E-state index contributed by atoms with van der Waals surface area (Å²) >= 11 is 0. The summed E-state index contributed by atoms with van der Waals surface area (Å²) in [6.07, 6.45) is -2.75. The van der Waals surface area contributed by atoms with Crippen molar-refractivity contribution in [3.05, 3.63) is 59.2 Å². The van der Waals surface area contributed by atoms with Crippen molar-refractivity contribution in [3.8, 4) is 5.75 Å². The van der Waals surface area contributed by atoms with Crippen molar-refractivity contribution in [2.24, 2.45) is 0 Å². The Balaban J connectivity index is 1.63. The zero-order chi connectivity index (χ0) is 23.5. The molecule has 1 aromatic carbocycles. The zero-order valence-corrected chi connectivity index (χ0v) is 17.0. The van der Waals surface area contributed by atoms with E-state index in [2.05, 4.69) is 15.0 Å². The predicted molar refractivity (Wildman–Crippen MR) is 107 cm³/mol. The van der Waals surface area contributed by atoms with Crippen molar-refractivity contribution in [1.29, 1.82) is 0 Å². The third-order valence-corrected chi connectivity index (χ3v) is 4.87. The van der Waals surface area contributed by atoms with Crippen molar-refractivity contribution in [2.45, 2.75) is 25.8 Å². The van der Waals surface area contributed by atoms with Gasteiger partial charge in [-0.05, 0) is 48.7 Å². The maximum absolute atomic E-state index is 14.4. The molecule has 11 heteroatoms. The highest BCUT2D eigenvalue weighted by atomic mass is 19.4. The first kappa shape index (κ1) is 23.5. The van der Waals surface area contributed by atoms with Gasteiger partial charge in [0, 0.05) is 30.5 Å². The van der Waals surface area contributed by atoms with Crippen molar-refractivity contribution in [2.75, 3.05) is 25.0 Å². The van der Waals surface area contributed by atoms with Gasteiger partial charge >= 0.3 is 12.4 Å². The molecule has 0 spiro atoms. The molecule has 0 saturated heterocycles. The van der Waals surface area contributed by atoms with Crippen molar-refractivity contribution >= 4 is 17.3 Å². The molecule has 0 aliphatic carbocycles. The SMILES string of the molecule is Cc1cc(NC(=O)N2CC=C(c3ncc(C(O)CO)cc3F)CC2)ccc1OC(F)(F)F. The number of aliphatic hydroxyl groups excluding tert-OH is 2. The van der Waals surface area contributed by atoms with Crippen LogP contribution in [0.15, 0.2) is 36.5 Å². The van der Waals surface area contributed by atoms with E-state index in [1.54, 1.807) is 6.08 Å². The number of aryl methyl sites for hydroxylation is 1. The van der Waals surface area contributed by atoms with E-state index >= 15 is 0 Å². The first-order valence-corrected chi connectivity index (χ1v) is 9.63. The summed E-state index contributed by atoms with van der Waals surface area (Å²) in [5, 5.41) is 21.1. The van der Waals surface area contributed by atoms with Crippen LogP contribution in [0.4, 0.5) is 28.0 Å². The number of anilines is 1. The molecule has 1 aromatic heterocycles. The van der Waals surface area contributed by atoms with E-state index in [1.165, 1.54) is 30.2 Å². The van der Waals surface area contributed by atoms with E-state index in [9.17, 15) is 27.5 Å². The number of nitrogens with one attached hydrogen (secondary N) is 1. The average Bonchev–Trinajstić information content (AvgIpc) is 2.74. The van der Waals surface area contributed by atoms with Crippen LogP contribution in [0.5, 0.6) is 5.75 Å². The Kier molecular flexibility index (Phi) is 6.99. The normalized spacial score (nSPS) is 15.2. The molecule has 1 aliphatic rings. The summed E-state index contributed by atoms with van der Waals surface area (Å²) in [4.78, 5) is 18.0. The Morgan fingerprint density at radius 3 is 2.66 bits per heavy atom. The number of aromatic nitrogens is 1. The zero-order valence-electron chi connectivity index (χ0n) is 17.0. The number of halogens is 4. The van der Waals surface area contributed by atoms with Crippen LogP contribution in [0.1, 0.15) is 29.3 Å². The van der Waals surface area contributed by atoms with Crippen LogP contribution in [0, 0.1) is 12.7 Å². The maximum atomic E-state index is 14.4. The lowest BCUT2D eigenvalue weighted by molar-refractivity contribution is -0.274. The quantitative estimate of drug-likeness (QED) is 0.597. The highest BCUT2D eigenvalue weighted by molar-refractivity contribution is 5.90.